The Kier molecular flexibility index (Phi) is 3.10. The van der Waals surface area contributed by atoms with Crippen LogP contribution < -0.4 is 0 Å². The van der Waals surface area contributed by atoms with Gasteiger partial charge in [-0.2, -0.15) is 0 Å². The monoisotopic (exact) mass is 218 g/mol. The highest BCUT2D eigenvalue weighted by Crippen LogP contribution is 2.50. The number of hydrogen-bond acceptors (Lipinski definition) is 2. The Labute approximate surface area is 96.4 Å². The molecular weight excluding hydrogens is 200 g/mol. The molecule has 4 unspecified atom stereocenters. The smallest absolute Gasteiger partial charge is 0.183 e. The minimum Gasteiger partial charge on any atom is -0.388 e. The molecule has 2 aliphatic rings. The number of allylic oxidation sites excluding steroid dienone is 3. The summed E-state index contributed by atoms with van der Waals surface area (Å²) in [4.78, 5) is 11.5. The maximum Gasteiger partial charge on any atom is 0.183 e. The Morgan fingerprint density at radius 3 is 2.69 bits per heavy atom. The van der Waals surface area contributed by atoms with E-state index in [4.69, 9.17) is 5.11 Å². The van der Waals surface area contributed by atoms with Crippen molar-refractivity contribution in [3.63, 3.8) is 0 Å². The van der Waals surface area contributed by atoms with E-state index in [0.29, 0.717) is 23.7 Å². The number of hydrogen-bond donors (Lipinski definition) is 1. The predicted octanol–water partition coefficient (Wildman–Crippen LogP) is 2.12. The molecule has 0 radical (unpaired) electrons. The first kappa shape index (κ1) is 11.3. The lowest BCUT2D eigenvalue weighted by atomic mass is 9.89. The Bertz CT molecular complexity index is 354. The van der Waals surface area contributed by atoms with E-state index in [1.165, 1.54) is 0 Å². The standard InChI is InChI=1S/C14H18O2/c1-3-9-5-10(4-2)13-7-11(6-12(9)13)14(16)8-15/h3-4,6,9-10,12-13,15H,1-2,5,7-8H2. The fourth-order valence-corrected chi connectivity index (χ4v) is 3.17. The van der Waals surface area contributed by atoms with Gasteiger partial charge < -0.3 is 5.11 Å². The summed E-state index contributed by atoms with van der Waals surface area (Å²) < 4.78 is 0. The van der Waals surface area contributed by atoms with Crippen LogP contribution in [0.1, 0.15) is 12.8 Å². The molecule has 0 heterocycles. The lowest BCUT2D eigenvalue weighted by Gasteiger charge is -2.15. The van der Waals surface area contributed by atoms with E-state index in [9.17, 15) is 4.79 Å². The van der Waals surface area contributed by atoms with Crippen LogP contribution in [0.3, 0.4) is 0 Å². The van der Waals surface area contributed by atoms with Crippen molar-refractivity contribution in [1.82, 2.24) is 0 Å². The van der Waals surface area contributed by atoms with Crippen LogP contribution in [0.5, 0.6) is 0 Å². The van der Waals surface area contributed by atoms with Crippen molar-refractivity contribution in [3.8, 4) is 0 Å². The molecule has 0 spiro atoms. The van der Waals surface area contributed by atoms with Crippen LogP contribution in [-0.4, -0.2) is 17.5 Å². The van der Waals surface area contributed by atoms with Crippen LogP contribution in [0.15, 0.2) is 37.0 Å². The van der Waals surface area contributed by atoms with E-state index in [0.717, 1.165) is 18.4 Å². The zero-order valence-electron chi connectivity index (χ0n) is 9.43. The lowest BCUT2D eigenvalue weighted by molar-refractivity contribution is -0.118. The summed E-state index contributed by atoms with van der Waals surface area (Å²) in [5, 5.41) is 8.87. The molecule has 4 atom stereocenters. The van der Waals surface area contributed by atoms with Crippen molar-refractivity contribution in [1.29, 1.82) is 0 Å². The molecule has 86 valence electrons. The van der Waals surface area contributed by atoms with Crippen molar-refractivity contribution in [2.75, 3.05) is 6.61 Å². The van der Waals surface area contributed by atoms with Crippen LogP contribution in [0, 0.1) is 23.7 Å². The first-order chi connectivity index (χ1) is 7.71. The van der Waals surface area contributed by atoms with Crippen LogP contribution in [0.25, 0.3) is 0 Å². The first-order valence-corrected chi connectivity index (χ1v) is 5.81. The van der Waals surface area contributed by atoms with Gasteiger partial charge in [-0.15, -0.1) is 13.2 Å². The van der Waals surface area contributed by atoms with E-state index in [1.54, 1.807) is 0 Å². The number of carbonyl (C=O) groups is 1. The molecule has 2 nitrogen and oxygen atoms in total. The quantitative estimate of drug-likeness (QED) is 0.734. The predicted molar refractivity (Wildman–Crippen MR) is 63.8 cm³/mol. The lowest BCUT2D eigenvalue weighted by Crippen LogP contribution is -2.11. The summed E-state index contributed by atoms with van der Waals surface area (Å²) in [6, 6.07) is 0. The molecule has 0 aromatic rings. The van der Waals surface area contributed by atoms with Crippen molar-refractivity contribution < 1.29 is 9.90 Å². The molecule has 1 N–H and O–H groups in total. The SMILES string of the molecule is C=CC1CC(C=C)C2CC(C(=O)CO)=CC12. The molecule has 0 aromatic carbocycles. The van der Waals surface area contributed by atoms with Crippen molar-refractivity contribution >= 4 is 5.78 Å². The van der Waals surface area contributed by atoms with Gasteiger partial charge in [0.25, 0.3) is 0 Å². The summed E-state index contributed by atoms with van der Waals surface area (Å²) >= 11 is 0. The molecule has 0 aliphatic heterocycles. The number of aliphatic hydroxyl groups excluding tert-OH is 1. The molecular formula is C14H18O2. The minimum atomic E-state index is -0.372. The summed E-state index contributed by atoms with van der Waals surface area (Å²) in [7, 11) is 0. The fraction of sp³-hybridized carbons (Fsp3) is 0.500. The van der Waals surface area contributed by atoms with Gasteiger partial charge in [-0.05, 0) is 42.1 Å². The zero-order valence-corrected chi connectivity index (χ0v) is 9.43. The average Bonchev–Trinajstić information content (AvgIpc) is 2.85. The van der Waals surface area contributed by atoms with Gasteiger partial charge in [-0.25, -0.2) is 0 Å². The highest BCUT2D eigenvalue weighted by Gasteiger charge is 2.43. The molecule has 0 bridgehead atoms. The van der Waals surface area contributed by atoms with Gasteiger partial charge in [0.05, 0.1) is 0 Å². The third-order valence-corrected chi connectivity index (χ3v) is 4.04. The number of fused-ring (bicyclic) bond motifs is 1. The fourth-order valence-electron chi connectivity index (χ4n) is 3.17. The minimum absolute atomic E-state index is 0.125. The average molecular weight is 218 g/mol. The van der Waals surface area contributed by atoms with Gasteiger partial charge in [0, 0.05) is 0 Å². The van der Waals surface area contributed by atoms with Crippen LogP contribution in [0.2, 0.25) is 0 Å². The van der Waals surface area contributed by atoms with Crippen molar-refractivity contribution in [2.45, 2.75) is 12.8 Å². The van der Waals surface area contributed by atoms with Crippen molar-refractivity contribution in [3.05, 3.63) is 37.0 Å². The topological polar surface area (TPSA) is 37.3 Å². The number of ketones is 1. The molecule has 2 heteroatoms. The number of carbonyl (C=O) groups excluding carboxylic acids is 1. The second kappa shape index (κ2) is 4.38. The van der Waals surface area contributed by atoms with Gasteiger partial charge in [-0.1, -0.05) is 18.2 Å². The summed E-state index contributed by atoms with van der Waals surface area (Å²) in [6.45, 7) is 7.36. The normalized spacial score (nSPS) is 36.7. The Morgan fingerprint density at radius 1 is 1.44 bits per heavy atom. The maximum atomic E-state index is 11.5. The van der Waals surface area contributed by atoms with Crippen molar-refractivity contribution in [2.24, 2.45) is 23.7 Å². The highest BCUT2D eigenvalue weighted by atomic mass is 16.3. The molecule has 0 saturated heterocycles. The number of rotatable bonds is 4. The maximum absolute atomic E-state index is 11.5. The first-order valence-electron chi connectivity index (χ1n) is 5.81. The van der Waals surface area contributed by atoms with Gasteiger partial charge in [0.15, 0.2) is 5.78 Å². The second-order valence-electron chi connectivity index (χ2n) is 4.75. The molecule has 2 rings (SSSR count). The van der Waals surface area contributed by atoms with Gasteiger partial charge >= 0.3 is 0 Å². The van der Waals surface area contributed by atoms with Crippen LogP contribution in [0.4, 0.5) is 0 Å². The molecule has 0 amide bonds. The molecule has 1 saturated carbocycles. The molecule has 2 aliphatic carbocycles. The highest BCUT2D eigenvalue weighted by molar-refractivity contribution is 5.96. The number of Topliss-reactive ketones (excluding diaryl/α,β-unsaturated/α-hetero) is 1. The van der Waals surface area contributed by atoms with Gasteiger partial charge in [-0.3, -0.25) is 4.79 Å². The van der Waals surface area contributed by atoms with E-state index in [1.807, 2.05) is 12.2 Å². The molecule has 0 aromatic heterocycles. The van der Waals surface area contributed by atoms with Crippen LogP contribution in [-0.2, 0) is 4.79 Å². The largest absolute Gasteiger partial charge is 0.388 e. The summed E-state index contributed by atoms with van der Waals surface area (Å²) in [6.07, 6.45) is 7.94. The van der Waals surface area contributed by atoms with Gasteiger partial charge in [0.2, 0.25) is 0 Å². The Morgan fingerprint density at radius 2 is 2.12 bits per heavy atom. The third kappa shape index (κ3) is 1.67. The third-order valence-electron chi connectivity index (χ3n) is 4.04. The van der Waals surface area contributed by atoms with E-state index < -0.39 is 0 Å². The molecule has 1 fully saturated rings. The van der Waals surface area contributed by atoms with E-state index in [-0.39, 0.29) is 12.4 Å². The molecule has 16 heavy (non-hydrogen) atoms. The van der Waals surface area contributed by atoms with E-state index >= 15 is 0 Å². The summed E-state index contributed by atoms with van der Waals surface area (Å²) in [5.74, 6) is 1.72. The summed E-state index contributed by atoms with van der Waals surface area (Å²) in [5.41, 5.74) is 0.802. The Hall–Kier alpha value is -1.15. The zero-order chi connectivity index (χ0) is 11.7. The van der Waals surface area contributed by atoms with Crippen LogP contribution >= 0.6 is 0 Å². The van der Waals surface area contributed by atoms with Gasteiger partial charge in [0.1, 0.15) is 6.61 Å². The second-order valence-corrected chi connectivity index (χ2v) is 4.75. The Balaban J connectivity index is 2.20. The number of aliphatic hydroxyl groups is 1. The van der Waals surface area contributed by atoms with E-state index in [2.05, 4.69) is 19.2 Å².